The number of rotatable bonds is 5. The molecule has 0 unspecified atom stereocenters. The average molecular weight is 400 g/mol. The number of halogens is 1. The highest BCUT2D eigenvalue weighted by Gasteiger charge is 2.18. The van der Waals surface area contributed by atoms with Crippen molar-refractivity contribution in [2.45, 2.75) is 23.9 Å². The molecule has 0 aliphatic rings. The number of H-pyrrole nitrogens is 1. The number of hydrogen-bond acceptors (Lipinski definition) is 5. The van der Waals surface area contributed by atoms with Gasteiger partial charge in [-0.1, -0.05) is 42.1 Å². The van der Waals surface area contributed by atoms with Crippen molar-refractivity contribution in [1.82, 2.24) is 20.6 Å². The van der Waals surface area contributed by atoms with Crippen LogP contribution in [0, 0.1) is 5.82 Å². The molecule has 2 aromatic carbocycles. The third-order valence-electron chi connectivity index (χ3n) is 3.84. The first-order valence-corrected chi connectivity index (χ1v) is 9.29. The van der Waals surface area contributed by atoms with Crippen molar-refractivity contribution in [3.63, 3.8) is 0 Å². The number of thioether (sulfide) groups is 1. The lowest BCUT2D eigenvalue weighted by molar-refractivity contribution is -0.119. The molecular weight excluding hydrogens is 383 g/mol. The summed E-state index contributed by atoms with van der Waals surface area (Å²) in [5.41, 5.74) is 0.725. The number of fused-ring (bicyclic) bond motifs is 1. The van der Waals surface area contributed by atoms with Crippen LogP contribution in [0.25, 0.3) is 10.9 Å². The van der Waals surface area contributed by atoms with Gasteiger partial charge in [-0.2, -0.15) is 0 Å². The number of aromatic nitrogens is 2. The summed E-state index contributed by atoms with van der Waals surface area (Å²) >= 11 is 0.989. The Morgan fingerprint density at radius 1 is 1.21 bits per heavy atom. The Balaban J connectivity index is 1.59. The fourth-order valence-corrected chi connectivity index (χ4v) is 3.21. The summed E-state index contributed by atoms with van der Waals surface area (Å²) in [5.74, 6) is -1.06. The highest BCUT2D eigenvalue weighted by atomic mass is 32.2. The zero-order chi connectivity index (χ0) is 20.1. The SMILES string of the molecule is C[C@H](Sc1nc2ccc(F)cc2c(=O)[nH]1)C(=O)NC(=O)NCc1ccccc1. The normalized spacial score (nSPS) is 11.8. The fraction of sp³-hybridized carbons (Fsp3) is 0.158. The highest BCUT2D eigenvalue weighted by molar-refractivity contribution is 8.00. The van der Waals surface area contributed by atoms with Gasteiger partial charge in [-0.25, -0.2) is 14.2 Å². The Labute approximate surface area is 163 Å². The first kappa shape index (κ1) is 19.6. The lowest BCUT2D eigenvalue weighted by Gasteiger charge is -2.11. The molecule has 0 saturated carbocycles. The minimum atomic E-state index is -0.691. The molecule has 0 saturated heterocycles. The molecule has 0 fully saturated rings. The first-order chi connectivity index (χ1) is 13.4. The van der Waals surface area contributed by atoms with Crippen LogP contribution in [0.4, 0.5) is 9.18 Å². The van der Waals surface area contributed by atoms with E-state index in [1.807, 2.05) is 30.3 Å². The molecule has 3 rings (SSSR count). The van der Waals surface area contributed by atoms with Crippen LogP contribution in [0.2, 0.25) is 0 Å². The quantitative estimate of drug-likeness (QED) is 0.451. The zero-order valence-corrected chi connectivity index (χ0v) is 15.7. The summed E-state index contributed by atoms with van der Waals surface area (Å²) in [4.78, 5) is 42.9. The molecule has 0 bridgehead atoms. The van der Waals surface area contributed by atoms with Gasteiger partial charge in [-0.3, -0.25) is 14.9 Å². The van der Waals surface area contributed by atoms with Gasteiger partial charge in [0.2, 0.25) is 5.91 Å². The van der Waals surface area contributed by atoms with E-state index in [4.69, 9.17) is 0 Å². The number of nitrogens with zero attached hydrogens (tertiary/aromatic N) is 1. The van der Waals surface area contributed by atoms with Gasteiger partial charge in [0.1, 0.15) is 5.82 Å². The van der Waals surface area contributed by atoms with E-state index in [9.17, 15) is 18.8 Å². The van der Waals surface area contributed by atoms with E-state index in [0.717, 1.165) is 23.4 Å². The number of amides is 3. The summed E-state index contributed by atoms with van der Waals surface area (Å²) in [7, 11) is 0. The molecule has 1 aromatic heterocycles. The smallest absolute Gasteiger partial charge is 0.321 e. The maximum Gasteiger partial charge on any atom is 0.321 e. The lowest BCUT2D eigenvalue weighted by atomic mass is 10.2. The standard InChI is InChI=1S/C19H17FN4O3S/c1-11(16(25)23-18(27)21-10-12-5-3-2-4-6-12)28-19-22-15-8-7-13(20)9-14(15)17(26)24-19/h2-9,11H,10H2,1H3,(H,22,24,26)(H2,21,23,25,27)/t11-/m0/s1. The monoisotopic (exact) mass is 400 g/mol. The predicted molar refractivity (Wildman–Crippen MR) is 104 cm³/mol. The summed E-state index contributed by atoms with van der Waals surface area (Å²) < 4.78 is 13.2. The van der Waals surface area contributed by atoms with E-state index in [1.54, 1.807) is 6.92 Å². The third kappa shape index (κ3) is 4.95. The zero-order valence-electron chi connectivity index (χ0n) is 14.9. The van der Waals surface area contributed by atoms with Crippen molar-refractivity contribution >= 4 is 34.6 Å². The number of carbonyl (C=O) groups is 2. The lowest BCUT2D eigenvalue weighted by Crippen LogP contribution is -2.42. The van der Waals surface area contributed by atoms with Gasteiger partial charge in [-0.05, 0) is 30.7 Å². The minimum Gasteiger partial charge on any atom is -0.334 e. The summed E-state index contributed by atoms with van der Waals surface area (Å²) in [6.07, 6.45) is 0. The second-order valence-corrected chi connectivity index (χ2v) is 7.28. The minimum absolute atomic E-state index is 0.127. The number of carbonyl (C=O) groups excluding carboxylic acids is 2. The van der Waals surface area contributed by atoms with E-state index in [-0.39, 0.29) is 17.1 Å². The summed E-state index contributed by atoms with van der Waals surface area (Å²) in [5, 5.41) is 4.49. The average Bonchev–Trinajstić information content (AvgIpc) is 2.68. The molecule has 0 aliphatic heterocycles. The van der Waals surface area contributed by atoms with Crippen molar-refractivity contribution in [2.75, 3.05) is 0 Å². The Morgan fingerprint density at radius 3 is 2.71 bits per heavy atom. The molecule has 3 amide bonds. The Morgan fingerprint density at radius 2 is 1.96 bits per heavy atom. The summed E-state index contributed by atoms with van der Waals surface area (Å²) in [6.45, 7) is 1.87. The Bertz CT molecular complexity index is 1070. The van der Waals surface area contributed by atoms with E-state index in [1.165, 1.54) is 12.1 Å². The molecular formula is C19H17FN4O3S. The van der Waals surface area contributed by atoms with Gasteiger partial charge in [0.15, 0.2) is 5.16 Å². The number of aromatic amines is 1. The van der Waals surface area contributed by atoms with Crippen molar-refractivity contribution in [1.29, 1.82) is 0 Å². The number of nitrogens with one attached hydrogen (secondary N) is 3. The molecule has 9 heteroatoms. The second-order valence-electron chi connectivity index (χ2n) is 5.95. The number of imide groups is 1. The maximum atomic E-state index is 13.2. The van der Waals surface area contributed by atoms with Crippen LogP contribution in [0.15, 0.2) is 58.5 Å². The number of benzene rings is 2. The van der Waals surface area contributed by atoms with Crippen molar-refractivity contribution in [3.05, 3.63) is 70.3 Å². The van der Waals surface area contributed by atoms with Crippen LogP contribution in [0.1, 0.15) is 12.5 Å². The number of urea groups is 1. The topological polar surface area (TPSA) is 104 Å². The largest absolute Gasteiger partial charge is 0.334 e. The molecule has 0 spiro atoms. The first-order valence-electron chi connectivity index (χ1n) is 8.41. The number of hydrogen-bond donors (Lipinski definition) is 3. The van der Waals surface area contributed by atoms with Crippen LogP contribution in [0.5, 0.6) is 0 Å². The molecule has 0 radical (unpaired) electrons. The highest BCUT2D eigenvalue weighted by Crippen LogP contribution is 2.20. The Kier molecular flexibility index (Phi) is 6.05. The van der Waals surface area contributed by atoms with Crippen molar-refractivity contribution < 1.29 is 14.0 Å². The van der Waals surface area contributed by atoms with Crippen LogP contribution in [-0.4, -0.2) is 27.2 Å². The van der Waals surface area contributed by atoms with Crippen LogP contribution in [0.3, 0.4) is 0 Å². The molecule has 3 aromatic rings. The van der Waals surface area contributed by atoms with Gasteiger partial charge < -0.3 is 10.3 Å². The molecule has 1 atom stereocenters. The van der Waals surface area contributed by atoms with Gasteiger partial charge in [0.05, 0.1) is 16.2 Å². The summed E-state index contributed by atoms with van der Waals surface area (Å²) in [6, 6.07) is 12.4. The van der Waals surface area contributed by atoms with Crippen LogP contribution in [-0.2, 0) is 11.3 Å². The van der Waals surface area contributed by atoms with E-state index in [2.05, 4.69) is 20.6 Å². The van der Waals surface area contributed by atoms with Crippen molar-refractivity contribution in [2.24, 2.45) is 0 Å². The van der Waals surface area contributed by atoms with E-state index in [0.29, 0.717) is 5.52 Å². The van der Waals surface area contributed by atoms with Crippen LogP contribution < -0.4 is 16.2 Å². The fourth-order valence-electron chi connectivity index (χ4n) is 2.40. The molecule has 144 valence electrons. The predicted octanol–water partition coefficient (Wildman–Crippen LogP) is 2.57. The molecule has 3 N–H and O–H groups in total. The van der Waals surface area contributed by atoms with Gasteiger partial charge >= 0.3 is 6.03 Å². The maximum absolute atomic E-state index is 13.2. The Hall–Kier alpha value is -3.20. The van der Waals surface area contributed by atoms with Crippen LogP contribution >= 0.6 is 11.8 Å². The van der Waals surface area contributed by atoms with Gasteiger partial charge in [0, 0.05) is 6.54 Å². The molecule has 28 heavy (non-hydrogen) atoms. The van der Waals surface area contributed by atoms with Gasteiger partial charge in [-0.15, -0.1) is 0 Å². The second kappa shape index (κ2) is 8.66. The van der Waals surface area contributed by atoms with Gasteiger partial charge in [0.25, 0.3) is 5.56 Å². The third-order valence-corrected chi connectivity index (χ3v) is 4.82. The molecule has 7 nitrogen and oxygen atoms in total. The van der Waals surface area contributed by atoms with E-state index < -0.39 is 28.6 Å². The molecule has 1 heterocycles. The van der Waals surface area contributed by atoms with Crippen molar-refractivity contribution in [3.8, 4) is 0 Å². The molecule has 0 aliphatic carbocycles. The van der Waals surface area contributed by atoms with E-state index >= 15 is 0 Å².